The molecule has 0 saturated carbocycles. The van der Waals surface area contributed by atoms with Crippen LogP contribution in [0, 0.1) is 5.41 Å². The van der Waals surface area contributed by atoms with Gasteiger partial charge in [-0.05, 0) is 48.5 Å². The second kappa shape index (κ2) is 12.5. The molecule has 0 aromatic heterocycles. The van der Waals surface area contributed by atoms with E-state index in [2.05, 4.69) is 10.3 Å². The Morgan fingerprint density at radius 2 is 1.03 bits per heavy atom. The highest BCUT2D eigenvalue weighted by Crippen LogP contribution is 2.17. The molecule has 0 bridgehead atoms. The van der Waals surface area contributed by atoms with E-state index in [4.69, 9.17) is 11.1 Å². The topological polar surface area (TPSA) is 80.7 Å². The van der Waals surface area contributed by atoms with Gasteiger partial charge in [0.05, 0.1) is 5.69 Å². The third-order valence-corrected chi connectivity index (χ3v) is 4.97. The lowest BCUT2D eigenvalue weighted by molar-refractivity contribution is 1.12. The molecule has 0 radical (unpaired) electrons. The van der Waals surface area contributed by atoms with Crippen molar-refractivity contribution in [2.45, 2.75) is 0 Å². The first-order valence-corrected chi connectivity index (χ1v) is 10.9. The summed E-state index contributed by atoms with van der Waals surface area (Å²) in [4.78, 5) is 7.95. The Hall–Kier alpha value is -4.58. The zero-order chi connectivity index (χ0) is 24.2. The van der Waals surface area contributed by atoms with Crippen LogP contribution >= 0.6 is 0 Å². The second-order valence-electron chi connectivity index (χ2n) is 7.44. The lowest BCUT2D eigenvalue weighted by atomic mass is 10.3. The van der Waals surface area contributed by atoms with E-state index >= 15 is 0 Å². The van der Waals surface area contributed by atoms with Gasteiger partial charge < -0.3 is 20.9 Å². The number of nitrogens with one attached hydrogen (secondary N) is 2. The number of benzene rings is 4. The van der Waals surface area contributed by atoms with E-state index in [1.54, 1.807) is 0 Å². The molecule has 0 aliphatic carbocycles. The quantitative estimate of drug-likeness (QED) is 0.266. The minimum atomic E-state index is 0.386. The summed E-state index contributed by atoms with van der Waals surface area (Å²) in [6.45, 7) is 0. The third kappa shape index (κ3) is 7.24. The summed E-state index contributed by atoms with van der Waals surface area (Å²) >= 11 is 0. The summed E-state index contributed by atoms with van der Waals surface area (Å²) < 4.78 is 0. The summed E-state index contributed by atoms with van der Waals surface area (Å²) in [5.74, 6) is 0.824. The van der Waals surface area contributed by atoms with Crippen LogP contribution in [0.4, 0.5) is 22.7 Å². The molecule has 0 aliphatic heterocycles. The van der Waals surface area contributed by atoms with Crippen LogP contribution < -0.4 is 20.9 Å². The molecule has 34 heavy (non-hydrogen) atoms. The van der Waals surface area contributed by atoms with Crippen LogP contribution in [-0.4, -0.2) is 26.0 Å². The predicted molar refractivity (Wildman–Crippen MR) is 145 cm³/mol. The summed E-state index contributed by atoms with van der Waals surface area (Å²) in [5, 5.41) is 11.2. The highest BCUT2D eigenvalue weighted by atomic mass is 15.3. The molecule has 0 unspecified atom stereocenters. The molecule has 4 aromatic rings. The van der Waals surface area contributed by atoms with Crippen molar-refractivity contribution < 1.29 is 0 Å². The summed E-state index contributed by atoms with van der Waals surface area (Å²) in [5.41, 5.74) is 9.55. The Labute approximate surface area is 201 Å². The Morgan fingerprint density at radius 1 is 0.647 bits per heavy atom. The largest absolute Gasteiger partial charge is 0.369 e. The highest BCUT2D eigenvalue weighted by molar-refractivity contribution is 6.04. The molecule has 0 heterocycles. The van der Waals surface area contributed by atoms with Crippen LogP contribution in [0.15, 0.2) is 126 Å². The van der Waals surface area contributed by atoms with Crippen molar-refractivity contribution in [1.82, 2.24) is 0 Å². The van der Waals surface area contributed by atoms with Gasteiger partial charge in [-0.15, -0.1) is 0 Å². The van der Waals surface area contributed by atoms with Crippen LogP contribution in [0.25, 0.3) is 0 Å². The number of aliphatic imine (C=N–C) groups is 1. The Bertz CT molecular complexity index is 1120. The van der Waals surface area contributed by atoms with Gasteiger partial charge in [-0.1, -0.05) is 72.8 Å². The monoisotopic (exact) mass is 450 g/mol. The fourth-order valence-corrected chi connectivity index (χ4v) is 3.11. The average Bonchev–Trinajstić information content (AvgIpc) is 2.90. The third-order valence-electron chi connectivity index (χ3n) is 4.97. The lowest BCUT2D eigenvalue weighted by Gasteiger charge is -2.28. The SMILES string of the molecule is CN(C(=N)N(C)c1ccccc1)c1ccccc1.NC(=Nc1ccccc1)Nc1ccccc1. The molecule has 6 heteroatoms. The van der Waals surface area contributed by atoms with Gasteiger partial charge >= 0.3 is 0 Å². The van der Waals surface area contributed by atoms with E-state index in [1.165, 1.54) is 0 Å². The van der Waals surface area contributed by atoms with Gasteiger partial charge in [-0.2, -0.15) is 0 Å². The van der Waals surface area contributed by atoms with Crippen molar-refractivity contribution in [2.24, 2.45) is 10.7 Å². The van der Waals surface area contributed by atoms with Crippen molar-refractivity contribution in [3.63, 3.8) is 0 Å². The van der Waals surface area contributed by atoms with Crippen LogP contribution in [0.2, 0.25) is 0 Å². The van der Waals surface area contributed by atoms with Crippen LogP contribution in [-0.2, 0) is 0 Å². The molecular formula is C28H30N6. The van der Waals surface area contributed by atoms with Gasteiger partial charge in [0.15, 0.2) is 5.96 Å². The van der Waals surface area contributed by atoms with E-state index in [0.717, 1.165) is 22.7 Å². The van der Waals surface area contributed by atoms with Crippen LogP contribution in [0.5, 0.6) is 0 Å². The van der Waals surface area contributed by atoms with Gasteiger partial charge in [0.2, 0.25) is 5.96 Å². The van der Waals surface area contributed by atoms with E-state index in [1.807, 2.05) is 145 Å². The number of anilines is 3. The van der Waals surface area contributed by atoms with Crippen molar-refractivity contribution >= 4 is 34.7 Å². The maximum absolute atomic E-state index is 8.23. The fourth-order valence-electron chi connectivity index (χ4n) is 3.11. The van der Waals surface area contributed by atoms with Gasteiger partial charge in [-0.25, -0.2) is 4.99 Å². The van der Waals surface area contributed by atoms with E-state index in [-0.39, 0.29) is 0 Å². The molecule has 0 spiro atoms. The molecule has 0 fully saturated rings. The molecular weight excluding hydrogens is 420 g/mol. The van der Waals surface area contributed by atoms with Crippen molar-refractivity contribution in [2.75, 3.05) is 29.2 Å². The van der Waals surface area contributed by atoms with Gasteiger partial charge in [0.25, 0.3) is 0 Å². The molecule has 0 saturated heterocycles. The summed E-state index contributed by atoms with van der Waals surface area (Å²) in [6.07, 6.45) is 0. The number of hydrogen-bond acceptors (Lipinski definition) is 2. The van der Waals surface area contributed by atoms with Gasteiger partial charge in [-0.3, -0.25) is 5.41 Å². The van der Waals surface area contributed by atoms with Gasteiger partial charge in [0, 0.05) is 31.2 Å². The Morgan fingerprint density at radius 3 is 1.47 bits per heavy atom. The summed E-state index contributed by atoms with van der Waals surface area (Å²) in [7, 11) is 3.80. The molecule has 6 nitrogen and oxygen atoms in total. The lowest BCUT2D eigenvalue weighted by Crippen LogP contribution is -2.39. The molecule has 0 aliphatic rings. The zero-order valence-corrected chi connectivity index (χ0v) is 19.5. The van der Waals surface area contributed by atoms with Crippen molar-refractivity contribution in [1.29, 1.82) is 5.41 Å². The first-order chi connectivity index (χ1) is 16.5. The fraction of sp³-hybridized carbons (Fsp3) is 0.0714. The van der Waals surface area contributed by atoms with Crippen LogP contribution in [0.3, 0.4) is 0 Å². The number of para-hydroxylation sites is 4. The van der Waals surface area contributed by atoms with E-state index < -0.39 is 0 Å². The van der Waals surface area contributed by atoms with Crippen LogP contribution in [0.1, 0.15) is 0 Å². The van der Waals surface area contributed by atoms with Gasteiger partial charge in [0.1, 0.15) is 0 Å². The molecule has 0 amide bonds. The highest BCUT2D eigenvalue weighted by Gasteiger charge is 2.12. The van der Waals surface area contributed by atoms with E-state index in [0.29, 0.717) is 11.9 Å². The maximum Gasteiger partial charge on any atom is 0.202 e. The molecule has 172 valence electrons. The minimum absolute atomic E-state index is 0.386. The summed E-state index contributed by atoms with van der Waals surface area (Å²) in [6, 6.07) is 39.1. The maximum atomic E-state index is 8.23. The van der Waals surface area contributed by atoms with E-state index in [9.17, 15) is 0 Å². The van der Waals surface area contributed by atoms with Crippen molar-refractivity contribution in [3.05, 3.63) is 121 Å². The molecule has 4 N–H and O–H groups in total. The number of hydrogen-bond donors (Lipinski definition) is 3. The Kier molecular flexibility index (Phi) is 8.82. The Balaban J connectivity index is 0.000000192. The molecule has 4 aromatic carbocycles. The second-order valence-corrected chi connectivity index (χ2v) is 7.44. The first-order valence-electron chi connectivity index (χ1n) is 10.9. The minimum Gasteiger partial charge on any atom is -0.369 e. The first kappa shape index (κ1) is 24.1. The number of nitrogens with two attached hydrogens (primary N) is 1. The standard InChI is InChI=1S/C15H17N3.C13H13N3/c1-17(13-9-5-3-6-10-13)15(16)18(2)14-11-7-4-8-12-14;14-13(15-11-7-3-1-4-8-11)16-12-9-5-2-6-10-12/h3-12,16H,1-2H3;1-10H,(H3,14,15,16). The molecule has 0 atom stereocenters. The average molecular weight is 451 g/mol. The smallest absolute Gasteiger partial charge is 0.202 e. The zero-order valence-electron chi connectivity index (χ0n) is 19.5. The number of nitrogens with zero attached hydrogens (tertiary/aromatic N) is 3. The number of guanidine groups is 2. The molecule has 4 rings (SSSR count). The predicted octanol–water partition coefficient (Wildman–Crippen LogP) is 5.94. The number of rotatable bonds is 4. The normalized spacial score (nSPS) is 10.5. The van der Waals surface area contributed by atoms with Crippen molar-refractivity contribution in [3.8, 4) is 0 Å².